The number of carbonyl (C=O) groups is 2. The first-order valence-electron chi connectivity index (χ1n) is 7.29. The van der Waals surface area contributed by atoms with Crippen LogP contribution in [0.15, 0.2) is 9.81 Å². The van der Waals surface area contributed by atoms with E-state index in [0.717, 1.165) is 0 Å². The Morgan fingerprint density at radius 2 is 1.35 bits per heavy atom. The van der Waals surface area contributed by atoms with E-state index in [1.165, 1.54) is 23.5 Å². The number of rotatable bonds is 4. The van der Waals surface area contributed by atoms with Gasteiger partial charge < -0.3 is 9.47 Å². The second kappa shape index (κ2) is 7.06. The lowest BCUT2D eigenvalue weighted by atomic mass is 10.3. The van der Waals surface area contributed by atoms with Crippen molar-refractivity contribution in [2.24, 2.45) is 0 Å². The molecular formula is C14H20O6S3. The van der Waals surface area contributed by atoms with Gasteiger partial charge in [0, 0.05) is 10.5 Å². The van der Waals surface area contributed by atoms with E-state index in [9.17, 15) is 18.0 Å². The molecule has 2 saturated heterocycles. The number of esters is 2. The predicted octanol–water partition coefficient (Wildman–Crippen LogP) is 1.75. The number of hydrogen-bond donors (Lipinski definition) is 0. The standard InChI is InChI=1S/C14H20O6S3/c1-7(2)19-12(15)11(13(16)20-8(3)4)14-21-9-5-23(17,18)6-10(9)22-14/h7-10H,5-6H2,1-4H3. The molecule has 0 aliphatic carbocycles. The van der Waals surface area contributed by atoms with Crippen molar-refractivity contribution in [1.82, 2.24) is 0 Å². The van der Waals surface area contributed by atoms with Crippen molar-refractivity contribution < 1.29 is 27.5 Å². The molecule has 2 rings (SSSR count). The Labute approximate surface area is 144 Å². The number of carbonyl (C=O) groups excluding carboxylic acids is 2. The van der Waals surface area contributed by atoms with Crippen LogP contribution in [0.2, 0.25) is 0 Å². The van der Waals surface area contributed by atoms with Gasteiger partial charge in [0.2, 0.25) is 0 Å². The Kier molecular flexibility index (Phi) is 5.73. The van der Waals surface area contributed by atoms with Crippen LogP contribution in [0, 0.1) is 0 Å². The van der Waals surface area contributed by atoms with Crippen LogP contribution in [0.25, 0.3) is 0 Å². The largest absolute Gasteiger partial charge is 0.459 e. The fourth-order valence-electron chi connectivity index (χ4n) is 2.22. The number of sulfone groups is 1. The van der Waals surface area contributed by atoms with Gasteiger partial charge in [-0.3, -0.25) is 0 Å². The molecule has 23 heavy (non-hydrogen) atoms. The third-order valence-corrected chi connectivity index (χ3v) is 8.40. The average molecular weight is 381 g/mol. The monoisotopic (exact) mass is 380 g/mol. The van der Waals surface area contributed by atoms with Crippen LogP contribution in [0.1, 0.15) is 27.7 Å². The summed E-state index contributed by atoms with van der Waals surface area (Å²) in [5.74, 6) is -1.29. The lowest BCUT2D eigenvalue weighted by molar-refractivity contribution is -0.150. The molecule has 0 N–H and O–H groups in total. The molecule has 0 radical (unpaired) electrons. The molecule has 2 aliphatic heterocycles. The maximum atomic E-state index is 12.3. The highest BCUT2D eigenvalue weighted by Crippen LogP contribution is 2.52. The first kappa shape index (κ1) is 18.7. The van der Waals surface area contributed by atoms with Crippen LogP contribution in [-0.4, -0.2) is 54.6 Å². The van der Waals surface area contributed by atoms with Gasteiger partial charge in [-0.25, -0.2) is 18.0 Å². The molecule has 0 aromatic heterocycles. The molecule has 2 fully saturated rings. The van der Waals surface area contributed by atoms with Crippen molar-refractivity contribution in [3.63, 3.8) is 0 Å². The van der Waals surface area contributed by atoms with E-state index in [-0.39, 0.29) is 39.8 Å². The van der Waals surface area contributed by atoms with E-state index in [4.69, 9.17) is 9.47 Å². The third kappa shape index (κ3) is 4.67. The molecule has 2 aliphatic rings. The van der Waals surface area contributed by atoms with E-state index >= 15 is 0 Å². The minimum absolute atomic E-state index is 0.0740. The van der Waals surface area contributed by atoms with E-state index in [0.29, 0.717) is 4.24 Å². The summed E-state index contributed by atoms with van der Waals surface area (Å²) in [5.41, 5.74) is -0.116. The van der Waals surface area contributed by atoms with Gasteiger partial charge in [0.05, 0.1) is 28.0 Å². The predicted molar refractivity (Wildman–Crippen MR) is 90.9 cm³/mol. The number of ether oxygens (including phenoxy) is 2. The lowest BCUT2D eigenvalue weighted by Crippen LogP contribution is -2.24. The zero-order valence-electron chi connectivity index (χ0n) is 13.4. The van der Waals surface area contributed by atoms with Crippen LogP contribution in [0.3, 0.4) is 0 Å². The van der Waals surface area contributed by atoms with Crippen LogP contribution >= 0.6 is 23.5 Å². The normalized spacial score (nSPS) is 25.6. The molecule has 0 saturated carbocycles. The topological polar surface area (TPSA) is 86.7 Å². The Morgan fingerprint density at radius 3 is 1.70 bits per heavy atom. The highest BCUT2D eigenvalue weighted by Gasteiger charge is 2.46. The second-order valence-electron chi connectivity index (χ2n) is 5.96. The molecular weight excluding hydrogens is 360 g/mol. The maximum Gasteiger partial charge on any atom is 0.347 e. The zero-order chi connectivity index (χ0) is 17.4. The summed E-state index contributed by atoms with van der Waals surface area (Å²) in [6.07, 6.45) is -0.720. The van der Waals surface area contributed by atoms with Gasteiger partial charge in [0.1, 0.15) is 0 Å². The van der Waals surface area contributed by atoms with Crippen LogP contribution < -0.4 is 0 Å². The van der Waals surface area contributed by atoms with E-state index in [2.05, 4.69) is 0 Å². The van der Waals surface area contributed by atoms with Gasteiger partial charge in [-0.15, -0.1) is 23.5 Å². The van der Waals surface area contributed by atoms with Gasteiger partial charge in [-0.05, 0) is 27.7 Å². The van der Waals surface area contributed by atoms with Gasteiger partial charge in [0.15, 0.2) is 15.4 Å². The first-order chi connectivity index (χ1) is 10.6. The van der Waals surface area contributed by atoms with Gasteiger partial charge >= 0.3 is 11.9 Å². The van der Waals surface area contributed by atoms with Gasteiger partial charge in [-0.2, -0.15) is 0 Å². The maximum absolute atomic E-state index is 12.3. The Morgan fingerprint density at radius 1 is 0.957 bits per heavy atom. The molecule has 2 atom stereocenters. The smallest absolute Gasteiger partial charge is 0.347 e. The molecule has 0 aromatic rings. The summed E-state index contributed by atoms with van der Waals surface area (Å²) in [5, 5.41) is -0.262. The minimum atomic E-state index is -3.03. The molecule has 0 bridgehead atoms. The van der Waals surface area contributed by atoms with Gasteiger partial charge in [-0.1, -0.05) is 0 Å². The molecule has 9 heteroatoms. The summed E-state index contributed by atoms with van der Waals surface area (Å²) in [6.45, 7) is 6.79. The van der Waals surface area contributed by atoms with Crippen molar-refractivity contribution in [3.8, 4) is 0 Å². The minimum Gasteiger partial charge on any atom is -0.459 e. The Bertz CT molecular complexity index is 589. The second-order valence-corrected chi connectivity index (χ2v) is 10.9. The number of fused-ring (bicyclic) bond motifs is 1. The molecule has 2 unspecified atom stereocenters. The fourth-order valence-corrected chi connectivity index (χ4v) is 8.77. The highest BCUT2D eigenvalue weighted by molar-refractivity contribution is 8.27. The third-order valence-electron chi connectivity index (χ3n) is 3.07. The summed E-state index contributed by atoms with van der Waals surface area (Å²) >= 11 is 2.53. The summed E-state index contributed by atoms with van der Waals surface area (Å²) < 4.78 is 34.1. The molecule has 6 nitrogen and oxygen atoms in total. The average Bonchev–Trinajstić information content (AvgIpc) is 2.79. The first-order valence-corrected chi connectivity index (χ1v) is 10.9. The quantitative estimate of drug-likeness (QED) is 0.315. The molecule has 2 heterocycles. The van der Waals surface area contributed by atoms with Crippen LogP contribution in [0.4, 0.5) is 0 Å². The highest BCUT2D eigenvalue weighted by atomic mass is 32.2. The zero-order valence-corrected chi connectivity index (χ0v) is 15.8. The van der Waals surface area contributed by atoms with Crippen molar-refractivity contribution in [3.05, 3.63) is 9.81 Å². The number of hydrogen-bond acceptors (Lipinski definition) is 8. The van der Waals surface area contributed by atoms with Crippen LogP contribution in [0.5, 0.6) is 0 Å². The molecule has 0 aromatic carbocycles. The van der Waals surface area contributed by atoms with E-state index in [1.54, 1.807) is 27.7 Å². The van der Waals surface area contributed by atoms with Crippen molar-refractivity contribution >= 4 is 45.3 Å². The van der Waals surface area contributed by atoms with E-state index < -0.39 is 21.8 Å². The van der Waals surface area contributed by atoms with Crippen molar-refractivity contribution in [1.29, 1.82) is 0 Å². The van der Waals surface area contributed by atoms with Crippen molar-refractivity contribution in [2.45, 2.75) is 50.4 Å². The number of thioether (sulfide) groups is 2. The van der Waals surface area contributed by atoms with Gasteiger partial charge in [0.25, 0.3) is 0 Å². The summed E-state index contributed by atoms with van der Waals surface area (Å²) in [7, 11) is -3.03. The Balaban J connectivity index is 2.27. The van der Waals surface area contributed by atoms with E-state index in [1.807, 2.05) is 0 Å². The van der Waals surface area contributed by atoms with Crippen LogP contribution in [-0.2, 0) is 28.9 Å². The summed E-state index contributed by atoms with van der Waals surface area (Å²) in [4.78, 5) is 24.6. The SMILES string of the molecule is CC(C)OC(=O)C(C(=O)OC(C)C)=C1SC2CS(=O)(=O)CC2S1. The Hall–Kier alpha value is -0.670. The lowest BCUT2D eigenvalue weighted by Gasteiger charge is -2.14. The van der Waals surface area contributed by atoms with Crippen molar-refractivity contribution in [2.75, 3.05) is 11.5 Å². The fraction of sp³-hybridized carbons (Fsp3) is 0.714. The molecule has 0 spiro atoms. The molecule has 0 amide bonds. The molecule has 130 valence electrons. The summed E-state index contributed by atoms with van der Waals surface area (Å²) in [6, 6.07) is 0.